The molecule has 0 spiro atoms. The molecule has 5 nitrogen and oxygen atoms in total. The molecule has 2 N–H and O–H groups in total. The molecule has 102 valence electrons. The van der Waals surface area contributed by atoms with E-state index in [1.807, 2.05) is 25.1 Å². The van der Waals surface area contributed by atoms with Crippen LogP contribution in [-0.2, 0) is 0 Å². The summed E-state index contributed by atoms with van der Waals surface area (Å²) in [6, 6.07) is 5.65. The van der Waals surface area contributed by atoms with Crippen LogP contribution in [0.1, 0.15) is 25.2 Å². The van der Waals surface area contributed by atoms with Crippen molar-refractivity contribution in [1.82, 2.24) is 10.1 Å². The quantitative estimate of drug-likeness (QED) is 0.914. The smallest absolute Gasteiger partial charge is 0.231 e. The van der Waals surface area contributed by atoms with Gasteiger partial charge >= 0.3 is 0 Å². The van der Waals surface area contributed by atoms with Crippen molar-refractivity contribution in [2.45, 2.75) is 19.3 Å². The van der Waals surface area contributed by atoms with E-state index in [0.29, 0.717) is 18.3 Å². The minimum absolute atomic E-state index is 0.114. The number of ether oxygens (including phenoxy) is 1. The molecule has 0 radical (unpaired) electrons. The van der Waals surface area contributed by atoms with Crippen LogP contribution in [0, 0.1) is 0 Å². The molecule has 0 saturated carbocycles. The summed E-state index contributed by atoms with van der Waals surface area (Å²) in [6.07, 6.45) is 0.879. The van der Waals surface area contributed by atoms with Crippen molar-refractivity contribution < 1.29 is 9.26 Å². The highest BCUT2D eigenvalue weighted by Gasteiger charge is 2.17. The Labute approximate surface area is 120 Å². The summed E-state index contributed by atoms with van der Waals surface area (Å²) in [7, 11) is 1.62. The van der Waals surface area contributed by atoms with Crippen LogP contribution in [0.15, 0.2) is 27.2 Å². The zero-order valence-corrected chi connectivity index (χ0v) is 12.5. The Kier molecular flexibility index (Phi) is 4.55. The predicted molar refractivity (Wildman–Crippen MR) is 76.1 cm³/mol. The maximum Gasteiger partial charge on any atom is 0.231 e. The Bertz CT molecular complexity index is 553. The second-order valence-corrected chi connectivity index (χ2v) is 5.00. The molecule has 1 atom stereocenters. The fourth-order valence-corrected chi connectivity index (χ4v) is 2.31. The fourth-order valence-electron chi connectivity index (χ4n) is 1.77. The molecular formula is C13H16BrN3O2. The molecule has 0 aliphatic heterocycles. The SMILES string of the molecule is CCC(CN)c1nc(-c2ccc(OC)c(Br)c2)no1. The van der Waals surface area contributed by atoms with Crippen molar-refractivity contribution in [1.29, 1.82) is 0 Å². The molecule has 6 heteroatoms. The number of aromatic nitrogens is 2. The van der Waals surface area contributed by atoms with Crippen LogP contribution in [-0.4, -0.2) is 23.8 Å². The monoisotopic (exact) mass is 325 g/mol. The van der Waals surface area contributed by atoms with Gasteiger partial charge in [-0.3, -0.25) is 0 Å². The third-order valence-corrected chi connectivity index (χ3v) is 3.60. The largest absolute Gasteiger partial charge is 0.496 e. The summed E-state index contributed by atoms with van der Waals surface area (Å²) in [5.41, 5.74) is 6.54. The van der Waals surface area contributed by atoms with Gasteiger partial charge in [0.25, 0.3) is 0 Å². The fraction of sp³-hybridized carbons (Fsp3) is 0.385. The van der Waals surface area contributed by atoms with E-state index in [1.54, 1.807) is 7.11 Å². The van der Waals surface area contributed by atoms with E-state index >= 15 is 0 Å². The minimum Gasteiger partial charge on any atom is -0.496 e. The number of halogens is 1. The maximum atomic E-state index is 5.67. The summed E-state index contributed by atoms with van der Waals surface area (Å²) in [6.45, 7) is 2.55. The summed E-state index contributed by atoms with van der Waals surface area (Å²) < 4.78 is 11.3. The first kappa shape index (κ1) is 14.0. The first-order valence-corrected chi connectivity index (χ1v) is 6.86. The van der Waals surface area contributed by atoms with Crippen molar-refractivity contribution in [2.75, 3.05) is 13.7 Å². The molecule has 0 amide bonds. The van der Waals surface area contributed by atoms with Gasteiger partial charge in [0.2, 0.25) is 11.7 Å². The minimum atomic E-state index is 0.114. The highest BCUT2D eigenvalue weighted by Crippen LogP contribution is 2.30. The van der Waals surface area contributed by atoms with E-state index in [9.17, 15) is 0 Å². The van der Waals surface area contributed by atoms with Crippen LogP contribution in [0.25, 0.3) is 11.4 Å². The average molecular weight is 326 g/mol. The van der Waals surface area contributed by atoms with Crippen molar-refractivity contribution in [3.05, 3.63) is 28.6 Å². The van der Waals surface area contributed by atoms with Gasteiger partial charge in [-0.15, -0.1) is 0 Å². The Morgan fingerprint density at radius 1 is 1.47 bits per heavy atom. The van der Waals surface area contributed by atoms with E-state index in [1.165, 1.54) is 0 Å². The molecule has 1 heterocycles. The number of methoxy groups -OCH3 is 1. The van der Waals surface area contributed by atoms with Gasteiger partial charge in [0.1, 0.15) is 5.75 Å². The van der Waals surface area contributed by atoms with Crippen LogP contribution in [0.5, 0.6) is 5.75 Å². The first-order valence-electron chi connectivity index (χ1n) is 6.07. The van der Waals surface area contributed by atoms with Crippen molar-refractivity contribution in [3.63, 3.8) is 0 Å². The normalized spacial score (nSPS) is 12.4. The highest BCUT2D eigenvalue weighted by atomic mass is 79.9. The van der Waals surface area contributed by atoms with E-state index in [2.05, 4.69) is 26.1 Å². The number of nitrogens with two attached hydrogens (primary N) is 1. The lowest BCUT2D eigenvalue weighted by atomic mass is 10.1. The molecule has 0 fully saturated rings. The molecule has 0 saturated heterocycles. The van der Waals surface area contributed by atoms with Crippen LogP contribution in [0.2, 0.25) is 0 Å². The number of hydrogen-bond donors (Lipinski definition) is 1. The van der Waals surface area contributed by atoms with E-state index in [0.717, 1.165) is 22.2 Å². The van der Waals surface area contributed by atoms with E-state index < -0.39 is 0 Å². The van der Waals surface area contributed by atoms with Gasteiger partial charge in [-0.2, -0.15) is 4.98 Å². The van der Waals surface area contributed by atoms with Crippen molar-refractivity contribution in [3.8, 4) is 17.1 Å². The number of nitrogens with zero attached hydrogens (tertiary/aromatic N) is 2. The molecule has 1 aromatic carbocycles. The Balaban J connectivity index is 2.30. The van der Waals surface area contributed by atoms with Crippen LogP contribution >= 0.6 is 15.9 Å². The van der Waals surface area contributed by atoms with Crippen LogP contribution < -0.4 is 10.5 Å². The second-order valence-electron chi connectivity index (χ2n) is 4.15. The van der Waals surface area contributed by atoms with Gasteiger partial charge in [-0.1, -0.05) is 12.1 Å². The summed E-state index contributed by atoms with van der Waals surface area (Å²) >= 11 is 3.44. The zero-order chi connectivity index (χ0) is 13.8. The third-order valence-electron chi connectivity index (χ3n) is 2.98. The molecule has 2 rings (SSSR count). The topological polar surface area (TPSA) is 74.2 Å². The van der Waals surface area contributed by atoms with E-state index in [4.69, 9.17) is 15.0 Å². The zero-order valence-electron chi connectivity index (χ0n) is 10.9. The van der Waals surface area contributed by atoms with Crippen LogP contribution in [0.4, 0.5) is 0 Å². The molecule has 19 heavy (non-hydrogen) atoms. The molecule has 1 aromatic heterocycles. The molecule has 0 bridgehead atoms. The highest BCUT2D eigenvalue weighted by molar-refractivity contribution is 9.10. The number of hydrogen-bond acceptors (Lipinski definition) is 5. The van der Waals surface area contributed by atoms with Gasteiger partial charge in [0, 0.05) is 12.1 Å². The lowest BCUT2D eigenvalue weighted by Crippen LogP contribution is -2.11. The summed E-state index contributed by atoms with van der Waals surface area (Å²) in [5.74, 6) is 2.03. The summed E-state index contributed by atoms with van der Waals surface area (Å²) in [4.78, 5) is 4.40. The number of benzene rings is 1. The maximum absolute atomic E-state index is 5.67. The van der Waals surface area contributed by atoms with Gasteiger partial charge in [-0.25, -0.2) is 0 Å². The number of rotatable bonds is 5. The van der Waals surface area contributed by atoms with Gasteiger partial charge < -0.3 is 15.0 Å². The van der Waals surface area contributed by atoms with Crippen molar-refractivity contribution >= 4 is 15.9 Å². The molecule has 0 aliphatic carbocycles. The Morgan fingerprint density at radius 2 is 2.26 bits per heavy atom. The average Bonchev–Trinajstić information content (AvgIpc) is 2.90. The first-order chi connectivity index (χ1) is 9.19. The standard InChI is InChI=1S/C13H16BrN3O2/c1-3-8(7-15)13-16-12(17-19-13)9-4-5-11(18-2)10(14)6-9/h4-6,8H,3,7,15H2,1-2H3. The van der Waals surface area contributed by atoms with E-state index in [-0.39, 0.29) is 5.92 Å². The summed E-state index contributed by atoms with van der Waals surface area (Å²) in [5, 5.41) is 4.00. The van der Waals surface area contributed by atoms with Crippen molar-refractivity contribution in [2.24, 2.45) is 5.73 Å². The Morgan fingerprint density at radius 3 is 2.84 bits per heavy atom. The predicted octanol–water partition coefficient (Wildman–Crippen LogP) is 2.96. The van der Waals surface area contributed by atoms with Gasteiger partial charge in [-0.05, 0) is 40.5 Å². The molecular weight excluding hydrogens is 310 g/mol. The van der Waals surface area contributed by atoms with Crippen LogP contribution in [0.3, 0.4) is 0 Å². The molecule has 2 aromatic rings. The molecule has 0 aliphatic rings. The van der Waals surface area contributed by atoms with Gasteiger partial charge in [0.15, 0.2) is 0 Å². The lowest BCUT2D eigenvalue weighted by molar-refractivity contribution is 0.351. The lowest BCUT2D eigenvalue weighted by Gasteiger charge is -2.04. The second kappa shape index (κ2) is 6.16. The third kappa shape index (κ3) is 2.96. The van der Waals surface area contributed by atoms with Gasteiger partial charge in [0.05, 0.1) is 17.5 Å². The Hall–Kier alpha value is -1.40. The molecule has 1 unspecified atom stereocenters.